The zero-order valence-corrected chi connectivity index (χ0v) is 25.0. The first-order valence-electron chi connectivity index (χ1n) is 12.9. The van der Waals surface area contributed by atoms with Crippen LogP contribution in [0.1, 0.15) is 12.5 Å². The van der Waals surface area contributed by atoms with Gasteiger partial charge in [0.2, 0.25) is 11.8 Å². The molecule has 0 aromatic heterocycles. The second-order valence-corrected chi connectivity index (χ2v) is 12.0. The summed E-state index contributed by atoms with van der Waals surface area (Å²) < 4.78 is 35.5. The van der Waals surface area contributed by atoms with Gasteiger partial charge in [-0.1, -0.05) is 64.5 Å². The van der Waals surface area contributed by atoms with Crippen LogP contribution in [-0.4, -0.2) is 44.8 Å². The molecule has 41 heavy (non-hydrogen) atoms. The van der Waals surface area contributed by atoms with E-state index in [-0.39, 0.29) is 23.0 Å². The van der Waals surface area contributed by atoms with Gasteiger partial charge in [-0.15, -0.1) is 0 Å². The van der Waals surface area contributed by atoms with Gasteiger partial charge in [-0.2, -0.15) is 0 Å². The van der Waals surface area contributed by atoms with Gasteiger partial charge in [0.25, 0.3) is 10.0 Å². The predicted molar refractivity (Wildman–Crippen MR) is 162 cm³/mol. The van der Waals surface area contributed by atoms with Crippen molar-refractivity contribution in [2.75, 3.05) is 17.9 Å². The highest BCUT2D eigenvalue weighted by molar-refractivity contribution is 9.10. The van der Waals surface area contributed by atoms with E-state index >= 15 is 0 Å². The van der Waals surface area contributed by atoms with Crippen LogP contribution >= 0.6 is 15.9 Å². The van der Waals surface area contributed by atoms with Gasteiger partial charge < -0.3 is 15.0 Å². The molecule has 0 unspecified atom stereocenters. The van der Waals surface area contributed by atoms with E-state index in [1.807, 2.05) is 54.6 Å². The number of anilines is 1. The van der Waals surface area contributed by atoms with E-state index in [1.54, 1.807) is 49.4 Å². The number of benzene rings is 4. The summed E-state index contributed by atoms with van der Waals surface area (Å²) >= 11 is 3.44. The third-order valence-corrected chi connectivity index (χ3v) is 8.65. The van der Waals surface area contributed by atoms with Gasteiger partial charge >= 0.3 is 0 Å². The molecule has 10 heteroatoms. The van der Waals surface area contributed by atoms with E-state index < -0.39 is 28.5 Å². The summed E-state index contributed by atoms with van der Waals surface area (Å²) in [6.07, 6.45) is 0. The number of carbonyl (C=O) groups excluding carboxylic acids is 2. The zero-order chi connectivity index (χ0) is 29.4. The van der Waals surface area contributed by atoms with E-state index in [2.05, 4.69) is 21.2 Å². The smallest absolute Gasteiger partial charge is 0.264 e. The van der Waals surface area contributed by atoms with E-state index in [0.29, 0.717) is 11.5 Å². The summed E-state index contributed by atoms with van der Waals surface area (Å²) in [6.45, 7) is 1.20. The lowest BCUT2D eigenvalue weighted by Gasteiger charge is -2.31. The maximum Gasteiger partial charge on any atom is 0.264 e. The quantitative estimate of drug-likeness (QED) is 0.231. The van der Waals surface area contributed by atoms with Crippen molar-refractivity contribution in [2.45, 2.75) is 24.4 Å². The normalized spacial score (nSPS) is 11.8. The third kappa shape index (κ3) is 7.53. The molecule has 0 aliphatic rings. The largest absolute Gasteiger partial charge is 0.457 e. The van der Waals surface area contributed by atoms with Crippen LogP contribution in [0.4, 0.5) is 5.69 Å². The number of amides is 2. The van der Waals surface area contributed by atoms with Gasteiger partial charge in [0.15, 0.2) is 0 Å². The standard InChI is InChI=1S/C31H30BrN3O5S/c1-23(31(37)33-2)34(21-24-10-9-11-25(32)20-24)30(36)22-35(41(38,39)29-14-7-4-8-15-29)26-16-18-28(19-17-26)40-27-12-5-3-6-13-27/h3-20,23H,21-22H2,1-2H3,(H,33,37)/t23-/m1/s1. The molecular formula is C31H30BrN3O5S. The molecule has 0 saturated heterocycles. The number of ether oxygens (including phenoxy) is 1. The highest BCUT2D eigenvalue weighted by atomic mass is 79.9. The average Bonchev–Trinajstić information content (AvgIpc) is 2.99. The molecule has 0 radical (unpaired) electrons. The molecular weight excluding hydrogens is 606 g/mol. The average molecular weight is 637 g/mol. The molecule has 4 aromatic carbocycles. The number of hydrogen-bond acceptors (Lipinski definition) is 5. The Labute approximate surface area is 248 Å². The van der Waals surface area contributed by atoms with Crippen molar-refractivity contribution in [1.29, 1.82) is 0 Å². The molecule has 0 saturated carbocycles. The second-order valence-electron chi connectivity index (χ2n) is 9.18. The van der Waals surface area contributed by atoms with Crippen molar-refractivity contribution in [3.05, 3.63) is 119 Å². The number of likely N-dealkylation sites (N-methyl/N-ethyl adjacent to an activating group) is 1. The minimum Gasteiger partial charge on any atom is -0.457 e. The highest BCUT2D eigenvalue weighted by Gasteiger charge is 2.32. The van der Waals surface area contributed by atoms with E-state index in [0.717, 1.165) is 14.3 Å². The van der Waals surface area contributed by atoms with Gasteiger partial charge in [-0.25, -0.2) is 8.42 Å². The third-order valence-electron chi connectivity index (χ3n) is 6.37. The molecule has 0 bridgehead atoms. The van der Waals surface area contributed by atoms with Gasteiger partial charge in [0.05, 0.1) is 10.6 Å². The summed E-state index contributed by atoms with van der Waals surface area (Å²) in [5, 5.41) is 2.58. The van der Waals surface area contributed by atoms with Gasteiger partial charge in [-0.3, -0.25) is 13.9 Å². The molecule has 212 valence electrons. The van der Waals surface area contributed by atoms with Gasteiger partial charge in [0.1, 0.15) is 24.1 Å². The van der Waals surface area contributed by atoms with E-state index in [1.165, 1.54) is 24.1 Å². The maximum atomic E-state index is 13.9. The Morgan fingerprint density at radius 2 is 1.46 bits per heavy atom. The van der Waals surface area contributed by atoms with E-state index in [9.17, 15) is 18.0 Å². The molecule has 0 aliphatic heterocycles. The van der Waals surface area contributed by atoms with Crippen LogP contribution < -0.4 is 14.4 Å². The Bertz CT molecular complexity index is 1580. The summed E-state index contributed by atoms with van der Waals surface area (Å²) in [5.74, 6) is 0.238. The minimum atomic E-state index is -4.15. The van der Waals surface area contributed by atoms with Gasteiger partial charge in [0, 0.05) is 18.1 Å². The fraction of sp³-hybridized carbons (Fsp3) is 0.161. The van der Waals surface area contributed by atoms with Crippen molar-refractivity contribution >= 4 is 43.5 Å². The number of carbonyl (C=O) groups is 2. The molecule has 0 fully saturated rings. The SMILES string of the molecule is CNC(=O)[C@@H](C)N(Cc1cccc(Br)c1)C(=O)CN(c1ccc(Oc2ccccc2)cc1)S(=O)(=O)c1ccccc1. The van der Waals surface area contributed by atoms with Crippen LogP contribution in [0.2, 0.25) is 0 Å². The Morgan fingerprint density at radius 3 is 2.07 bits per heavy atom. The summed E-state index contributed by atoms with van der Waals surface area (Å²) in [5.41, 5.74) is 1.06. The Balaban J connectivity index is 1.69. The van der Waals surface area contributed by atoms with Crippen molar-refractivity contribution in [3.63, 3.8) is 0 Å². The lowest BCUT2D eigenvalue weighted by atomic mass is 10.1. The monoisotopic (exact) mass is 635 g/mol. The summed E-state index contributed by atoms with van der Waals surface area (Å²) in [7, 11) is -2.66. The van der Waals surface area contributed by atoms with Crippen LogP contribution in [0.5, 0.6) is 11.5 Å². The van der Waals surface area contributed by atoms with Crippen molar-refractivity contribution < 1.29 is 22.7 Å². The number of rotatable bonds is 11. The first-order valence-corrected chi connectivity index (χ1v) is 15.1. The van der Waals surface area contributed by atoms with Crippen molar-refractivity contribution in [3.8, 4) is 11.5 Å². The van der Waals surface area contributed by atoms with Crippen LogP contribution in [0.25, 0.3) is 0 Å². The number of nitrogens with one attached hydrogen (secondary N) is 1. The topological polar surface area (TPSA) is 96.0 Å². The van der Waals surface area contributed by atoms with Gasteiger partial charge in [-0.05, 0) is 73.2 Å². The molecule has 0 aliphatic carbocycles. The number of hydrogen-bond donors (Lipinski definition) is 1. The molecule has 8 nitrogen and oxygen atoms in total. The number of para-hydroxylation sites is 1. The number of sulfonamides is 1. The molecule has 1 N–H and O–H groups in total. The fourth-order valence-electron chi connectivity index (χ4n) is 4.18. The van der Waals surface area contributed by atoms with Crippen LogP contribution in [-0.2, 0) is 26.2 Å². The van der Waals surface area contributed by atoms with E-state index in [4.69, 9.17) is 4.74 Å². The summed E-state index contributed by atoms with van der Waals surface area (Å²) in [6, 6.07) is 30.1. The first kappa shape index (κ1) is 29.8. The van der Waals surface area contributed by atoms with Crippen molar-refractivity contribution in [1.82, 2.24) is 10.2 Å². The summed E-state index contributed by atoms with van der Waals surface area (Å²) in [4.78, 5) is 27.9. The van der Waals surface area contributed by atoms with Crippen LogP contribution in [0.3, 0.4) is 0 Å². The highest BCUT2D eigenvalue weighted by Crippen LogP contribution is 2.28. The number of nitrogens with zero attached hydrogens (tertiary/aromatic N) is 2. The molecule has 1 atom stereocenters. The Kier molecular flexibility index (Phi) is 9.80. The Hall–Kier alpha value is -4.15. The van der Waals surface area contributed by atoms with Crippen molar-refractivity contribution in [2.24, 2.45) is 0 Å². The molecule has 4 rings (SSSR count). The molecule has 2 amide bonds. The predicted octanol–water partition coefficient (Wildman–Crippen LogP) is 5.60. The zero-order valence-electron chi connectivity index (χ0n) is 22.6. The number of halogens is 1. The maximum absolute atomic E-state index is 13.9. The first-order chi connectivity index (χ1) is 19.7. The van der Waals surface area contributed by atoms with Crippen LogP contribution in [0.15, 0.2) is 119 Å². The minimum absolute atomic E-state index is 0.0373. The second kappa shape index (κ2) is 13.5. The lowest BCUT2D eigenvalue weighted by Crippen LogP contribution is -2.50. The Morgan fingerprint density at radius 1 is 0.854 bits per heavy atom. The molecule has 0 spiro atoms. The molecule has 0 heterocycles. The lowest BCUT2D eigenvalue weighted by molar-refractivity contribution is -0.139. The fourth-order valence-corrected chi connectivity index (χ4v) is 6.06. The molecule has 4 aromatic rings. The van der Waals surface area contributed by atoms with Crippen LogP contribution in [0, 0.1) is 0 Å².